The fraction of sp³-hybridized carbons (Fsp3) is 0.842. The van der Waals surface area contributed by atoms with Gasteiger partial charge in [-0.1, -0.05) is 27.7 Å². The Morgan fingerprint density at radius 1 is 0.967 bits per heavy atom. The number of rotatable bonds is 14. The average Bonchev–Trinajstić information content (AvgIpc) is 2.60. The molecule has 2 amide bonds. The van der Waals surface area contributed by atoms with Crippen LogP contribution < -0.4 is 10.6 Å². The molecule has 0 spiro atoms. The molecule has 30 heavy (non-hydrogen) atoms. The maximum absolute atomic E-state index is 11.9. The Labute approximate surface area is 179 Å². The first-order chi connectivity index (χ1) is 13.7. The van der Waals surface area contributed by atoms with Gasteiger partial charge in [-0.2, -0.15) is 8.42 Å². The van der Waals surface area contributed by atoms with E-state index < -0.39 is 33.9 Å². The standard InChI is InChI=1S/C19H36N2O8S/c1-14(2)17(23)28-16(4)29-18(24)21-10-7-9-19(5,6)13-27-30(25,26)12-8-11-20-15(3)22/h14,16H,7-13H2,1-6H3,(H,20,22)(H,21,24). The number of carbonyl (C=O) groups is 3. The Kier molecular flexibility index (Phi) is 12.6. The summed E-state index contributed by atoms with van der Waals surface area (Å²) in [6.45, 7) is 10.5. The number of hydrogen-bond donors (Lipinski definition) is 2. The Balaban J connectivity index is 4.09. The summed E-state index contributed by atoms with van der Waals surface area (Å²) in [6, 6.07) is 0. The summed E-state index contributed by atoms with van der Waals surface area (Å²) < 4.78 is 38.8. The number of carbonyl (C=O) groups excluding carboxylic acids is 3. The van der Waals surface area contributed by atoms with E-state index in [-0.39, 0.29) is 37.2 Å². The lowest BCUT2D eigenvalue weighted by Gasteiger charge is -2.24. The van der Waals surface area contributed by atoms with Crippen molar-refractivity contribution >= 4 is 28.1 Å². The van der Waals surface area contributed by atoms with Gasteiger partial charge in [0.15, 0.2) is 0 Å². The highest BCUT2D eigenvalue weighted by atomic mass is 32.2. The maximum atomic E-state index is 11.9. The molecule has 0 aromatic heterocycles. The van der Waals surface area contributed by atoms with Gasteiger partial charge < -0.3 is 20.1 Å². The number of esters is 1. The third-order valence-electron chi connectivity index (χ3n) is 3.90. The second kappa shape index (κ2) is 13.4. The van der Waals surface area contributed by atoms with E-state index in [9.17, 15) is 22.8 Å². The molecular formula is C19H36N2O8S. The van der Waals surface area contributed by atoms with Crippen LogP contribution in [-0.4, -0.2) is 58.1 Å². The third kappa shape index (κ3) is 15.0. The highest BCUT2D eigenvalue weighted by Crippen LogP contribution is 2.23. The number of alkyl carbamates (subject to hydrolysis) is 1. The third-order valence-corrected chi connectivity index (χ3v) is 5.17. The van der Waals surface area contributed by atoms with Gasteiger partial charge in [-0.25, -0.2) is 4.79 Å². The van der Waals surface area contributed by atoms with Crippen molar-refractivity contribution in [1.82, 2.24) is 10.6 Å². The minimum Gasteiger partial charge on any atom is -0.425 e. The second-order valence-corrected chi connectivity index (χ2v) is 9.88. The van der Waals surface area contributed by atoms with E-state index in [0.717, 1.165) is 0 Å². The van der Waals surface area contributed by atoms with Gasteiger partial charge in [-0.15, -0.1) is 0 Å². The smallest absolute Gasteiger partial charge is 0.410 e. The maximum Gasteiger partial charge on any atom is 0.410 e. The first-order valence-electron chi connectivity index (χ1n) is 10.0. The molecule has 0 radical (unpaired) electrons. The predicted molar refractivity (Wildman–Crippen MR) is 111 cm³/mol. The molecule has 10 nitrogen and oxygen atoms in total. The molecule has 0 aliphatic carbocycles. The van der Waals surface area contributed by atoms with E-state index >= 15 is 0 Å². The van der Waals surface area contributed by atoms with Gasteiger partial charge in [0.05, 0.1) is 18.3 Å². The van der Waals surface area contributed by atoms with Crippen molar-refractivity contribution in [3.63, 3.8) is 0 Å². The van der Waals surface area contributed by atoms with Crippen LogP contribution in [0.3, 0.4) is 0 Å². The lowest BCUT2D eigenvalue weighted by molar-refractivity contribution is -0.168. The van der Waals surface area contributed by atoms with Gasteiger partial charge in [0.25, 0.3) is 10.1 Å². The Bertz CT molecular complexity index is 661. The molecule has 1 atom stereocenters. The number of hydrogen-bond acceptors (Lipinski definition) is 8. The topological polar surface area (TPSA) is 137 Å². The van der Waals surface area contributed by atoms with Crippen molar-refractivity contribution < 1.29 is 36.5 Å². The molecule has 0 aliphatic heterocycles. The SMILES string of the molecule is CC(=O)NCCCS(=O)(=O)OCC(C)(C)CCCNC(=O)OC(C)OC(=O)C(C)C. The van der Waals surface area contributed by atoms with Crippen molar-refractivity contribution in [2.45, 2.75) is 67.1 Å². The summed E-state index contributed by atoms with van der Waals surface area (Å²) in [7, 11) is -3.67. The zero-order valence-corrected chi connectivity index (χ0v) is 19.6. The van der Waals surface area contributed by atoms with E-state index in [0.29, 0.717) is 19.4 Å². The van der Waals surface area contributed by atoms with Crippen LogP contribution in [0.1, 0.15) is 60.8 Å². The monoisotopic (exact) mass is 452 g/mol. The largest absolute Gasteiger partial charge is 0.425 e. The van der Waals surface area contributed by atoms with Crippen molar-refractivity contribution in [3.05, 3.63) is 0 Å². The molecule has 0 heterocycles. The van der Waals surface area contributed by atoms with Gasteiger partial charge in [0.1, 0.15) is 0 Å². The van der Waals surface area contributed by atoms with Crippen LogP contribution in [0.5, 0.6) is 0 Å². The molecule has 2 N–H and O–H groups in total. The summed E-state index contributed by atoms with van der Waals surface area (Å²) in [5, 5.41) is 5.09. The second-order valence-electron chi connectivity index (χ2n) is 8.12. The number of ether oxygens (including phenoxy) is 2. The van der Waals surface area contributed by atoms with Gasteiger partial charge in [-0.3, -0.25) is 13.8 Å². The van der Waals surface area contributed by atoms with E-state index in [1.54, 1.807) is 13.8 Å². The first-order valence-corrected chi connectivity index (χ1v) is 11.6. The van der Waals surface area contributed by atoms with Crippen molar-refractivity contribution in [3.8, 4) is 0 Å². The highest BCUT2D eigenvalue weighted by Gasteiger charge is 2.22. The normalized spacial score (nSPS) is 12.9. The van der Waals surface area contributed by atoms with E-state index in [1.807, 2.05) is 13.8 Å². The molecule has 176 valence electrons. The lowest BCUT2D eigenvalue weighted by atomic mass is 9.89. The van der Waals surface area contributed by atoms with Crippen LogP contribution in [0.2, 0.25) is 0 Å². The van der Waals surface area contributed by atoms with Crippen LogP contribution in [0.25, 0.3) is 0 Å². The van der Waals surface area contributed by atoms with Crippen molar-refractivity contribution in [2.75, 3.05) is 25.4 Å². The fourth-order valence-corrected chi connectivity index (χ4v) is 3.28. The van der Waals surface area contributed by atoms with Crippen molar-refractivity contribution in [2.24, 2.45) is 11.3 Å². The van der Waals surface area contributed by atoms with Gasteiger partial charge in [-0.05, 0) is 24.7 Å². The molecule has 1 unspecified atom stereocenters. The molecule has 0 aliphatic rings. The van der Waals surface area contributed by atoms with Crippen LogP contribution in [-0.2, 0) is 33.4 Å². The summed E-state index contributed by atoms with van der Waals surface area (Å²) >= 11 is 0. The van der Waals surface area contributed by atoms with Gasteiger partial charge in [0.2, 0.25) is 12.2 Å². The molecule has 0 saturated heterocycles. The van der Waals surface area contributed by atoms with E-state index in [2.05, 4.69) is 10.6 Å². The zero-order chi connectivity index (χ0) is 23.4. The lowest BCUT2D eigenvalue weighted by Crippen LogP contribution is -2.32. The van der Waals surface area contributed by atoms with Crippen LogP contribution in [0.4, 0.5) is 4.79 Å². The Hall–Kier alpha value is -1.88. The minimum absolute atomic E-state index is 0.0160. The summed E-state index contributed by atoms with van der Waals surface area (Å²) in [5.74, 6) is -1.15. The van der Waals surface area contributed by atoms with Gasteiger partial charge >= 0.3 is 12.1 Å². The molecule has 0 saturated carbocycles. The summed E-state index contributed by atoms with van der Waals surface area (Å²) in [5.41, 5.74) is -0.420. The molecule has 0 fully saturated rings. The van der Waals surface area contributed by atoms with Gasteiger partial charge in [0, 0.05) is 26.9 Å². The molecular weight excluding hydrogens is 416 g/mol. The molecule has 0 bridgehead atoms. The Morgan fingerprint density at radius 3 is 2.13 bits per heavy atom. The zero-order valence-electron chi connectivity index (χ0n) is 18.8. The Morgan fingerprint density at radius 2 is 1.57 bits per heavy atom. The first kappa shape index (κ1) is 28.1. The average molecular weight is 453 g/mol. The molecule has 0 aromatic rings. The number of nitrogens with one attached hydrogen (secondary N) is 2. The minimum atomic E-state index is -3.67. The fourth-order valence-electron chi connectivity index (χ4n) is 2.17. The van der Waals surface area contributed by atoms with Crippen LogP contribution >= 0.6 is 0 Å². The molecule has 0 aromatic carbocycles. The van der Waals surface area contributed by atoms with Crippen molar-refractivity contribution in [1.29, 1.82) is 0 Å². The van der Waals surface area contributed by atoms with E-state index in [1.165, 1.54) is 13.8 Å². The molecule has 11 heteroatoms. The van der Waals surface area contributed by atoms with Crippen LogP contribution in [0, 0.1) is 11.3 Å². The van der Waals surface area contributed by atoms with E-state index in [4.69, 9.17) is 13.7 Å². The number of amides is 2. The molecule has 0 rings (SSSR count). The van der Waals surface area contributed by atoms with Crippen LogP contribution in [0.15, 0.2) is 0 Å². The summed E-state index contributed by atoms with van der Waals surface area (Å²) in [6.07, 6.45) is -0.226. The summed E-state index contributed by atoms with van der Waals surface area (Å²) in [4.78, 5) is 33.9. The quantitative estimate of drug-likeness (QED) is 0.177. The predicted octanol–water partition coefficient (Wildman–Crippen LogP) is 1.94. The highest BCUT2D eigenvalue weighted by molar-refractivity contribution is 7.86.